The monoisotopic (exact) mass is 367 g/mol. The molecule has 0 amide bonds. The van der Waals surface area contributed by atoms with Gasteiger partial charge in [-0.1, -0.05) is 32.4 Å². The number of carbonyl (C=O) groups excluding carboxylic acids is 1. The van der Waals surface area contributed by atoms with Gasteiger partial charge in [0.25, 0.3) is 0 Å². The lowest BCUT2D eigenvalue weighted by Crippen LogP contribution is -2.19. The van der Waals surface area contributed by atoms with E-state index in [9.17, 15) is 4.79 Å². The van der Waals surface area contributed by atoms with E-state index in [-0.39, 0.29) is 11.4 Å². The van der Waals surface area contributed by atoms with Crippen molar-refractivity contribution in [2.45, 2.75) is 34.1 Å². The Bertz CT molecular complexity index is 805. The maximum absolute atomic E-state index is 11.7. The molecule has 0 unspecified atom stereocenters. The Balaban J connectivity index is 2.24. The predicted octanol–water partition coefficient (Wildman–Crippen LogP) is 5.16. The Morgan fingerprint density at radius 1 is 1.46 bits per heavy atom. The molecule has 0 bridgehead atoms. The zero-order chi connectivity index (χ0) is 19.2. The SMILES string of the molecule is C=C/C(C#Cc1ccc(C(=O)OCC)cn1)=C\C1=C(C)SCCC1(C)C. The average Bonchev–Trinajstić information content (AvgIpc) is 2.61. The normalized spacial score (nSPS) is 16.5. The van der Waals surface area contributed by atoms with Gasteiger partial charge in [-0.15, -0.1) is 11.8 Å². The van der Waals surface area contributed by atoms with Crippen molar-refractivity contribution in [3.05, 3.63) is 64.4 Å². The maximum Gasteiger partial charge on any atom is 0.339 e. The molecule has 0 saturated carbocycles. The summed E-state index contributed by atoms with van der Waals surface area (Å²) in [5.41, 5.74) is 3.37. The molecule has 1 aromatic rings. The van der Waals surface area contributed by atoms with E-state index in [0.717, 1.165) is 17.7 Å². The number of thioether (sulfide) groups is 1. The first-order valence-corrected chi connectivity index (χ1v) is 9.69. The molecule has 2 heterocycles. The highest BCUT2D eigenvalue weighted by atomic mass is 32.2. The number of esters is 1. The van der Waals surface area contributed by atoms with Gasteiger partial charge in [0.05, 0.1) is 12.2 Å². The minimum absolute atomic E-state index is 0.144. The molecular weight excluding hydrogens is 342 g/mol. The fraction of sp³-hybridized carbons (Fsp3) is 0.364. The molecule has 26 heavy (non-hydrogen) atoms. The van der Waals surface area contributed by atoms with Gasteiger partial charge in [0.1, 0.15) is 5.69 Å². The fourth-order valence-corrected chi connectivity index (χ4v) is 4.10. The van der Waals surface area contributed by atoms with Crippen LogP contribution in [0.3, 0.4) is 0 Å². The third kappa shape index (κ3) is 5.12. The van der Waals surface area contributed by atoms with Gasteiger partial charge in [0.15, 0.2) is 0 Å². The summed E-state index contributed by atoms with van der Waals surface area (Å²) in [6, 6.07) is 3.41. The smallest absolute Gasteiger partial charge is 0.339 e. The van der Waals surface area contributed by atoms with Crippen molar-refractivity contribution in [3.8, 4) is 11.8 Å². The highest BCUT2D eigenvalue weighted by molar-refractivity contribution is 8.03. The number of allylic oxidation sites excluding steroid dienone is 5. The van der Waals surface area contributed by atoms with E-state index in [1.807, 2.05) is 11.8 Å². The van der Waals surface area contributed by atoms with Crippen LogP contribution in [-0.4, -0.2) is 23.3 Å². The third-order valence-electron chi connectivity index (χ3n) is 4.28. The summed E-state index contributed by atoms with van der Waals surface area (Å²) in [6.07, 6.45) is 6.55. The minimum atomic E-state index is -0.370. The third-order valence-corrected chi connectivity index (χ3v) is 5.34. The summed E-state index contributed by atoms with van der Waals surface area (Å²) < 4.78 is 4.95. The Morgan fingerprint density at radius 3 is 2.81 bits per heavy atom. The Kier molecular flexibility index (Phi) is 6.88. The van der Waals surface area contributed by atoms with E-state index in [1.165, 1.54) is 16.7 Å². The van der Waals surface area contributed by atoms with E-state index in [2.05, 4.69) is 50.3 Å². The molecule has 2 rings (SSSR count). The molecule has 0 radical (unpaired) electrons. The molecule has 0 atom stereocenters. The number of carbonyl (C=O) groups is 1. The quantitative estimate of drug-likeness (QED) is 0.419. The largest absolute Gasteiger partial charge is 0.462 e. The van der Waals surface area contributed by atoms with Crippen molar-refractivity contribution >= 4 is 17.7 Å². The lowest BCUT2D eigenvalue weighted by molar-refractivity contribution is 0.0526. The zero-order valence-corrected chi connectivity index (χ0v) is 16.7. The van der Waals surface area contributed by atoms with Crippen LogP contribution in [0.1, 0.15) is 50.2 Å². The first-order chi connectivity index (χ1) is 12.4. The standard InChI is InChI=1S/C22H25NO2S/c1-6-17(14-20-16(3)26-13-12-22(20,4)5)8-10-19-11-9-18(15-23-19)21(24)25-7-2/h6,9,11,14-15H,1,7,12-13H2,2-5H3/b17-14+. The molecule has 136 valence electrons. The van der Waals surface area contributed by atoms with E-state index in [0.29, 0.717) is 17.9 Å². The maximum atomic E-state index is 11.7. The minimum Gasteiger partial charge on any atom is -0.462 e. The topological polar surface area (TPSA) is 39.2 Å². The van der Waals surface area contributed by atoms with E-state index in [4.69, 9.17) is 4.74 Å². The van der Waals surface area contributed by atoms with Gasteiger partial charge in [-0.2, -0.15) is 0 Å². The van der Waals surface area contributed by atoms with Crippen molar-refractivity contribution in [3.63, 3.8) is 0 Å². The first kappa shape index (κ1) is 20.1. The van der Waals surface area contributed by atoms with Gasteiger partial charge in [-0.05, 0) is 66.0 Å². The van der Waals surface area contributed by atoms with Crippen LogP contribution in [0.25, 0.3) is 0 Å². The van der Waals surface area contributed by atoms with Gasteiger partial charge in [-0.3, -0.25) is 0 Å². The van der Waals surface area contributed by atoms with Gasteiger partial charge in [0.2, 0.25) is 0 Å². The number of hydrogen-bond acceptors (Lipinski definition) is 4. The highest BCUT2D eigenvalue weighted by Gasteiger charge is 2.27. The van der Waals surface area contributed by atoms with Crippen molar-refractivity contribution in [2.75, 3.05) is 12.4 Å². The number of rotatable bonds is 4. The predicted molar refractivity (Wildman–Crippen MR) is 109 cm³/mol. The Hall–Kier alpha value is -2.25. The zero-order valence-electron chi connectivity index (χ0n) is 15.9. The van der Waals surface area contributed by atoms with Crippen LogP contribution in [0.4, 0.5) is 0 Å². The van der Waals surface area contributed by atoms with Crippen molar-refractivity contribution in [1.29, 1.82) is 0 Å². The molecule has 0 N–H and O–H groups in total. The second-order valence-electron chi connectivity index (χ2n) is 6.66. The van der Waals surface area contributed by atoms with Crippen LogP contribution in [0.15, 0.2) is 53.1 Å². The van der Waals surface area contributed by atoms with Crippen molar-refractivity contribution in [2.24, 2.45) is 5.41 Å². The molecule has 0 spiro atoms. The molecule has 0 saturated heterocycles. The summed E-state index contributed by atoms with van der Waals surface area (Å²) in [5, 5.41) is 0. The number of aromatic nitrogens is 1. The Morgan fingerprint density at radius 2 is 2.23 bits per heavy atom. The molecule has 4 heteroatoms. The molecule has 0 fully saturated rings. The van der Waals surface area contributed by atoms with Gasteiger partial charge < -0.3 is 4.74 Å². The summed E-state index contributed by atoms with van der Waals surface area (Å²) in [5.74, 6) is 6.96. The molecular formula is C22H25NO2S. The molecule has 1 aromatic heterocycles. The number of ether oxygens (including phenoxy) is 1. The summed E-state index contributed by atoms with van der Waals surface area (Å²) in [7, 11) is 0. The average molecular weight is 368 g/mol. The summed E-state index contributed by atoms with van der Waals surface area (Å²) in [4.78, 5) is 17.2. The molecule has 1 aliphatic heterocycles. The molecule has 3 nitrogen and oxygen atoms in total. The summed E-state index contributed by atoms with van der Waals surface area (Å²) in [6.45, 7) is 12.7. The van der Waals surface area contributed by atoms with Gasteiger partial charge >= 0.3 is 5.97 Å². The lowest BCUT2D eigenvalue weighted by atomic mass is 9.80. The van der Waals surface area contributed by atoms with E-state index in [1.54, 1.807) is 25.1 Å². The Labute approximate surface area is 160 Å². The first-order valence-electron chi connectivity index (χ1n) is 8.71. The van der Waals surface area contributed by atoms with Gasteiger partial charge in [0, 0.05) is 11.8 Å². The van der Waals surface area contributed by atoms with Crippen molar-refractivity contribution < 1.29 is 9.53 Å². The second-order valence-corrected chi connectivity index (χ2v) is 7.97. The second kappa shape index (κ2) is 8.91. The summed E-state index contributed by atoms with van der Waals surface area (Å²) >= 11 is 1.90. The van der Waals surface area contributed by atoms with Crippen LogP contribution in [0, 0.1) is 17.3 Å². The number of hydrogen-bond donors (Lipinski definition) is 0. The van der Waals surface area contributed by atoms with E-state index >= 15 is 0 Å². The lowest BCUT2D eigenvalue weighted by Gasteiger charge is -2.32. The van der Waals surface area contributed by atoms with Crippen molar-refractivity contribution in [1.82, 2.24) is 4.98 Å². The molecule has 0 aromatic carbocycles. The van der Waals surface area contributed by atoms with E-state index < -0.39 is 0 Å². The van der Waals surface area contributed by atoms with Crippen LogP contribution >= 0.6 is 11.8 Å². The number of nitrogens with zero attached hydrogens (tertiary/aromatic N) is 1. The van der Waals surface area contributed by atoms with Crippen LogP contribution in [-0.2, 0) is 4.74 Å². The molecule has 0 aliphatic carbocycles. The van der Waals surface area contributed by atoms with Crippen LogP contribution in [0.2, 0.25) is 0 Å². The highest BCUT2D eigenvalue weighted by Crippen LogP contribution is 2.43. The van der Waals surface area contributed by atoms with Crippen LogP contribution < -0.4 is 0 Å². The molecule has 1 aliphatic rings. The van der Waals surface area contributed by atoms with Crippen LogP contribution in [0.5, 0.6) is 0 Å². The fourth-order valence-electron chi connectivity index (χ4n) is 2.69. The number of pyridine rings is 1. The van der Waals surface area contributed by atoms with Gasteiger partial charge in [-0.25, -0.2) is 9.78 Å².